The molecule has 3 aromatic rings. The van der Waals surface area contributed by atoms with Crippen LogP contribution in [-0.4, -0.2) is 22.6 Å². The van der Waals surface area contributed by atoms with Gasteiger partial charge in [0, 0.05) is 27.6 Å². The van der Waals surface area contributed by atoms with Crippen molar-refractivity contribution in [3.63, 3.8) is 0 Å². The molecule has 0 aliphatic heterocycles. The Bertz CT molecular complexity index is 963. The summed E-state index contributed by atoms with van der Waals surface area (Å²) in [5.74, 6) is -0.321. The van der Waals surface area contributed by atoms with Gasteiger partial charge in [0.15, 0.2) is 5.13 Å². The van der Waals surface area contributed by atoms with Crippen LogP contribution in [0.25, 0.3) is 0 Å². The van der Waals surface area contributed by atoms with Gasteiger partial charge in [0.1, 0.15) is 0 Å². The van der Waals surface area contributed by atoms with Gasteiger partial charge in [-0.2, -0.15) is 0 Å². The van der Waals surface area contributed by atoms with Crippen molar-refractivity contribution in [2.24, 2.45) is 0 Å². The molecule has 2 aromatic heterocycles. The molecule has 0 amide bonds. The summed E-state index contributed by atoms with van der Waals surface area (Å²) in [6.07, 6.45) is 3.39. The SMILES string of the molecule is Cc1ccc(CN(CCC(=O)O)c2nc(C3CCc4ccccc4C3)cs2)s1. The van der Waals surface area contributed by atoms with Gasteiger partial charge in [-0.05, 0) is 49.4 Å². The van der Waals surface area contributed by atoms with Crippen molar-refractivity contribution in [1.82, 2.24) is 4.98 Å². The molecular weight excluding hydrogens is 388 g/mol. The highest BCUT2D eigenvalue weighted by molar-refractivity contribution is 7.14. The van der Waals surface area contributed by atoms with Crippen molar-refractivity contribution in [1.29, 1.82) is 0 Å². The third-order valence-electron chi connectivity index (χ3n) is 5.28. The maximum Gasteiger partial charge on any atom is 0.305 e. The molecular formula is C22H24N2O2S2. The number of thiophene rings is 1. The Labute approximate surface area is 173 Å². The van der Waals surface area contributed by atoms with Gasteiger partial charge in [-0.15, -0.1) is 22.7 Å². The lowest BCUT2D eigenvalue weighted by Gasteiger charge is -2.23. The summed E-state index contributed by atoms with van der Waals surface area (Å²) in [4.78, 5) is 20.7. The van der Waals surface area contributed by atoms with E-state index in [1.54, 1.807) is 22.7 Å². The second kappa shape index (κ2) is 8.45. The zero-order chi connectivity index (χ0) is 19.5. The van der Waals surface area contributed by atoms with E-state index in [1.807, 2.05) is 0 Å². The van der Waals surface area contributed by atoms with Gasteiger partial charge in [-0.25, -0.2) is 4.98 Å². The van der Waals surface area contributed by atoms with Gasteiger partial charge in [0.25, 0.3) is 0 Å². The minimum Gasteiger partial charge on any atom is -0.481 e. The van der Waals surface area contributed by atoms with Crippen LogP contribution >= 0.6 is 22.7 Å². The zero-order valence-corrected chi connectivity index (χ0v) is 17.6. The van der Waals surface area contributed by atoms with Crippen LogP contribution in [-0.2, 0) is 24.2 Å². The fourth-order valence-corrected chi connectivity index (χ4v) is 5.63. The standard InChI is InChI=1S/C22H24N2O2S2/c1-15-6-9-19(28-15)13-24(11-10-21(25)26)22-23-20(14-27-22)18-8-7-16-4-2-3-5-17(16)12-18/h2-6,9,14,18H,7-8,10-13H2,1H3,(H,25,26). The Kier molecular flexibility index (Phi) is 5.78. The normalized spacial score (nSPS) is 16.0. The molecule has 1 aliphatic carbocycles. The largest absolute Gasteiger partial charge is 0.481 e. The molecule has 146 valence electrons. The van der Waals surface area contributed by atoms with E-state index in [4.69, 9.17) is 10.1 Å². The van der Waals surface area contributed by atoms with E-state index in [-0.39, 0.29) is 6.42 Å². The minimum atomic E-state index is -0.770. The molecule has 0 spiro atoms. The number of fused-ring (bicyclic) bond motifs is 1. The molecule has 0 fully saturated rings. The van der Waals surface area contributed by atoms with Crippen LogP contribution < -0.4 is 4.90 Å². The first-order valence-electron chi connectivity index (χ1n) is 9.63. The fourth-order valence-electron chi connectivity index (χ4n) is 3.79. The number of carbonyl (C=O) groups is 1. The van der Waals surface area contributed by atoms with E-state index in [0.717, 1.165) is 30.1 Å². The molecule has 0 saturated carbocycles. The smallest absolute Gasteiger partial charge is 0.305 e. The zero-order valence-electron chi connectivity index (χ0n) is 15.9. The van der Waals surface area contributed by atoms with Gasteiger partial charge in [-0.1, -0.05) is 24.3 Å². The molecule has 2 heterocycles. The number of aryl methyl sites for hydroxylation is 2. The maximum atomic E-state index is 11.1. The number of anilines is 1. The summed E-state index contributed by atoms with van der Waals surface area (Å²) in [7, 11) is 0. The van der Waals surface area contributed by atoms with Crippen molar-refractivity contribution < 1.29 is 9.90 Å². The highest BCUT2D eigenvalue weighted by Crippen LogP contribution is 2.35. The van der Waals surface area contributed by atoms with Crippen LogP contribution in [0.15, 0.2) is 41.8 Å². The molecule has 1 unspecified atom stereocenters. The number of hydrogen-bond acceptors (Lipinski definition) is 5. The van der Waals surface area contributed by atoms with Crippen molar-refractivity contribution in [2.45, 2.75) is 45.1 Å². The fraction of sp³-hybridized carbons (Fsp3) is 0.364. The van der Waals surface area contributed by atoms with E-state index in [9.17, 15) is 4.79 Å². The Morgan fingerprint density at radius 2 is 2.07 bits per heavy atom. The Balaban J connectivity index is 1.51. The van der Waals surface area contributed by atoms with Crippen molar-refractivity contribution >= 4 is 33.8 Å². The highest BCUT2D eigenvalue weighted by Gasteiger charge is 2.23. The number of hydrogen-bond donors (Lipinski definition) is 1. The Morgan fingerprint density at radius 1 is 1.25 bits per heavy atom. The Hall–Kier alpha value is -2.18. The minimum absolute atomic E-state index is 0.121. The lowest BCUT2D eigenvalue weighted by atomic mass is 9.82. The van der Waals surface area contributed by atoms with Crippen molar-refractivity contribution in [2.75, 3.05) is 11.4 Å². The molecule has 0 radical (unpaired) electrons. The molecule has 1 aromatic carbocycles. The van der Waals surface area contributed by atoms with E-state index in [0.29, 0.717) is 19.0 Å². The first-order chi connectivity index (χ1) is 13.6. The number of nitrogens with zero attached hydrogens (tertiary/aromatic N) is 2. The monoisotopic (exact) mass is 412 g/mol. The summed E-state index contributed by atoms with van der Waals surface area (Å²) in [5.41, 5.74) is 4.05. The van der Waals surface area contributed by atoms with Crippen molar-refractivity contribution in [3.05, 3.63) is 68.4 Å². The molecule has 0 saturated heterocycles. The number of carboxylic acid groups (broad SMARTS) is 1. The van der Waals surface area contributed by atoms with E-state index in [1.165, 1.54) is 20.9 Å². The first-order valence-corrected chi connectivity index (χ1v) is 11.3. The average molecular weight is 413 g/mol. The topological polar surface area (TPSA) is 53.4 Å². The summed E-state index contributed by atoms with van der Waals surface area (Å²) < 4.78 is 0. The van der Waals surface area contributed by atoms with Crippen molar-refractivity contribution in [3.8, 4) is 0 Å². The molecule has 1 atom stereocenters. The number of aliphatic carboxylic acids is 1. The highest BCUT2D eigenvalue weighted by atomic mass is 32.1. The second-order valence-electron chi connectivity index (χ2n) is 7.34. The lowest BCUT2D eigenvalue weighted by Crippen LogP contribution is -2.25. The molecule has 0 bridgehead atoms. The molecule has 4 rings (SSSR count). The van der Waals surface area contributed by atoms with Gasteiger partial charge < -0.3 is 10.0 Å². The molecule has 4 nitrogen and oxygen atoms in total. The summed E-state index contributed by atoms with van der Waals surface area (Å²) in [6.45, 7) is 3.29. The summed E-state index contributed by atoms with van der Waals surface area (Å²) >= 11 is 3.40. The third kappa shape index (κ3) is 4.45. The average Bonchev–Trinajstić information content (AvgIpc) is 3.34. The lowest BCUT2D eigenvalue weighted by molar-refractivity contribution is -0.136. The van der Waals surface area contributed by atoms with E-state index < -0.39 is 5.97 Å². The third-order valence-corrected chi connectivity index (χ3v) is 7.19. The predicted molar refractivity (Wildman–Crippen MR) is 116 cm³/mol. The van der Waals surface area contributed by atoms with Crippen LogP contribution in [0.5, 0.6) is 0 Å². The molecule has 1 aliphatic rings. The van der Waals surface area contributed by atoms with E-state index in [2.05, 4.69) is 53.6 Å². The van der Waals surface area contributed by atoms with Gasteiger partial charge in [-0.3, -0.25) is 4.79 Å². The second-order valence-corrected chi connectivity index (χ2v) is 9.55. The summed E-state index contributed by atoms with van der Waals surface area (Å²) in [6, 6.07) is 12.9. The first kappa shape index (κ1) is 19.2. The number of carboxylic acids is 1. The van der Waals surface area contributed by atoms with Crippen LogP contribution in [0.2, 0.25) is 0 Å². The molecule has 1 N–H and O–H groups in total. The van der Waals surface area contributed by atoms with E-state index >= 15 is 0 Å². The predicted octanol–water partition coefficient (Wildman–Crippen LogP) is 5.27. The van der Waals surface area contributed by atoms with Crippen LogP contribution in [0.1, 0.15) is 45.3 Å². The number of rotatable bonds is 7. The van der Waals surface area contributed by atoms with Gasteiger partial charge in [0.2, 0.25) is 0 Å². The van der Waals surface area contributed by atoms with Crippen LogP contribution in [0.4, 0.5) is 5.13 Å². The Morgan fingerprint density at radius 3 is 2.82 bits per heavy atom. The van der Waals surface area contributed by atoms with Crippen LogP contribution in [0.3, 0.4) is 0 Å². The van der Waals surface area contributed by atoms with Crippen LogP contribution in [0, 0.1) is 6.92 Å². The van der Waals surface area contributed by atoms with Gasteiger partial charge in [0.05, 0.1) is 18.7 Å². The number of benzene rings is 1. The molecule has 28 heavy (non-hydrogen) atoms. The number of aromatic nitrogens is 1. The number of thiazole rings is 1. The summed E-state index contributed by atoms with van der Waals surface area (Å²) in [5, 5.41) is 12.2. The van der Waals surface area contributed by atoms with Gasteiger partial charge >= 0.3 is 5.97 Å². The quantitative estimate of drug-likeness (QED) is 0.575. The maximum absolute atomic E-state index is 11.1. The molecule has 6 heteroatoms.